The number of hydrogen-bond donors (Lipinski definition) is 2. The van der Waals surface area contributed by atoms with Crippen molar-refractivity contribution in [2.45, 2.75) is 45.1 Å². The Balaban J connectivity index is 0. The van der Waals surface area contributed by atoms with Crippen LogP contribution in [0, 0.1) is 5.92 Å². The van der Waals surface area contributed by atoms with E-state index in [0.29, 0.717) is 32.2 Å². The maximum atomic E-state index is 12.9. The molecule has 0 spiro atoms. The lowest BCUT2D eigenvalue weighted by atomic mass is 9.92. The fourth-order valence-corrected chi connectivity index (χ4v) is 3.06. The van der Waals surface area contributed by atoms with Gasteiger partial charge >= 0.3 is 12.2 Å². The fourth-order valence-electron chi connectivity index (χ4n) is 3.06. The predicted molar refractivity (Wildman–Crippen MR) is 142 cm³/mol. The van der Waals surface area contributed by atoms with Crippen molar-refractivity contribution >= 4 is 45.0 Å². The molecule has 0 saturated heterocycles. The Hall–Kier alpha value is -2.39. The molecule has 7 nitrogen and oxygen atoms in total. The second-order valence-electron chi connectivity index (χ2n) is 7.36. The summed E-state index contributed by atoms with van der Waals surface area (Å²) in [4.78, 5) is 36.2. The Morgan fingerprint density at radius 3 is 2.18 bits per heavy atom. The molecular weight excluding hydrogens is 460 g/mol. The van der Waals surface area contributed by atoms with E-state index in [1.54, 1.807) is 0 Å². The number of hydrogen-bond acceptors (Lipinski definition) is 5. The number of carbonyl (C=O) groups is 3. The molecule has 1 aromatic carbocycles. The van der Waals surface area contributed by atoms with Crippen molar-refractivity contribution in [2.75, 3.05) is 19.8 Å². The van der Waals surface area contributed by atoms with Crippen molar-refractivity contribution in [3.05, 3.63) is 61.2 Å². The van der Waals surface area contributed by atoms with Crippen LogP contribution in [0.4, 0.5) is 9.59 Å². The fraction of sp³-hybridized carbons (Fsp3) is 0.458. The van der Waals surface area contributed by atoms with E-state index in [0.717, 1.165) is 6.42 Å². The van der Waals surface area contributed by atoms with Gasteiger partial charge in [-0.2, -0.15) is 27.0 Å². The third kappa shape index (κ3) is 16.0. The van der Waals surface area contributed by atoms with E-state index in [4.69, 9.17) is 9.47 Å². The van der Waals surface area contributed by atoms with Gasteiger partial charge in [-0.15, -0.1) is 0 Å². The standard InChI is InChI=1S/C24H34N2O5.2H2S/c1-4-15-30-23(28)25-14-10-9-13-21(26-24(29)31-16-5-2)22(27)18-19(3)17-20-11-7-6-8-12-20;;/h4-8,11-12,19,21H,1-2,9-10,13-18H2,3H3,(H,25,28)(H,26,29);2*1H2/t19-,21-;;/m0../s1. The third-order valence-corrected chi connectivity index (χ3v) is 4.51. The number of unbranched alkanes of at least 4 members (excludes halogenated alkanes) is 1. The number of amides is 2. The average molecular weight is 499 g/mol. The minimum absolute atomic E-state index is 0. The van der Waals surface area contributed by atoms with E-state index < -0.39 is 18.2 Å². The van der Waals surface area contributed by atoms with E-state index in [1.165, 1.54) is 17.7 Å². The van der Waals surface area contributed by atoms with Crippen LogP contribution in [0.2, 0.25) is 0 Å². The summed E-state index contributed by atoms with van der Waals surface area (Å²) >= 11 is 0. The summed E-state index contributed by atoms with van der Waals surface area (Å²) in [5, 5.41) is 5.30. The highest BCUT2D eigenvalue weighted by Crippen LogP contribution is 2.15. The molecule has 0 saturated carbocycles. The van der Waals surface area contributed by atoms with Crippen LogP contribution in [-0.4, -0.2) is 43.8 Å². The molecule has 0 aliphatic heterocycles. The number of nitrogens with one attached hydrogen (secondary N) is 2. The molecule has 1 aromatic rings. The molecule has 0 fully saturated rings. The first-order valence-corrected chi connectivity index (χ1v) is 10.6. The Morgan fingerprint density at radius 2 is 1.58 bits per heavy atom. The first kappa shape index (κ1) is 32.8. The number of rotatable bonds is 15. The monoisotopic (exact) mass is 498 g/mol. The molecule has 0 unspecified atom stereocenters. The van der Waals surface area contributed by atoms with E-state index in [1.807, 2.05) is 37.3 Å². The van der Waals surface area contributed by atoms with E-state index in [-0.39, 0.29) is 51.9 Å². The predicted octanol–water partition coefficient (Wildman–Crippen LogP) is 4.41. The minimum atomic E-state index is -0.639. The van der Waals surface area contributed by atoms with Crippen LogP contribution in [0.25, 0.3) is 0 Å². The second kappa shape index (κ2) is 20.2. The molecule has 0 aliphatic carbocycles. The maximum absolute atomic E-state index is 12.9. The van der Waals surface area contributed by atoms with Gasteiger partial charge in [0.25, 0.3) is 0 Å². The van der Waals surface area contributed by atoms with Crippen LogP contribution in [0.3, 0.4) is 0 Å². The number of ether oxygens (including phenoxy) is 2. The first-order chi connectivity index (χ1) is 15.0. The van der Waals surface area contributed by atoms with Gasteiger partial charge in [0.15, 0.2) is 5.78 Å². The van der Waals surface area contributed by atoms with Crippen molar-refractivity contribution in [1.29, 1.82) is 0 Å². The molecule has 186 valence electrons. The number of Topliss-reactive ketones (excluding diaryl/α,β-unsaturated/α-hetero) is 1. The lowest BCUT2D eigenvalue weighted by Gasteiger charge is -2.19. The SMILES string of the molecule is C=CCOC(=O)NCCCC[C@H](NC(=O)OCC=C)C(=O)C[C@@H](C)Cc1ccccc1.S.S. The van der Waals surface area contributed by atoms with Crippen LogP contribution in [0.1, 0.15) is 38.2 Å². The molecule has 2 N–H and O–H groups in total. The van der Waals surface area contributed by atoms with Gasteiger partial charge in [0, 0.05) is 13.0 Å². The number of benzene rings is 1. The third-order valence-electron chi connectivity index (χ3n) is 4.51. The van der Waals surface area contributed by atoms with Gasteiger partial charge in [0.05, 0.1) is 6.04 Å². The summed E-state index contributed by atoms with van der Waals surface area (Å²) in [7, 11) is 0. The highest BCUT2D eigenvalue weighted by atomic mass is 32.1. The average Bonchev–Trinajstić information content (AvgIpc) is 2.75. The second-order valence-corrected chi connectivity index (χ2v) is 7.36. The number of alkyl carbamates (subject to hydrolysis) is 2. The van der Waals surface area contributed by atoms with Crippen LogP contribution in [0.15, 0.2) is 55.6 Å². The molecule has 1 rings (SSSR count). The van der Waals surface area contributed by atoms with Crippen LogP contribution >= 0.6 is 27.0 Å². The van der Waals surface area contributed by atoms with Crippen molar-refractivity contribution < 1.29 is 23.9 Å². The summed E-state index contributed by atoms with van der Waals surface area (Å²) in [6, 6.07) is 9.36. The molecule has 0 radical (unpaired) electrons. The lowest BCUT2D eigenvalue weighted by Crippen LogP contribution is -2.42. The van der Waals surface area contributed by atoms with E-state index >= 15 is 0 Å². The first-order valence-electron chi connectivity index (χ1n) is 10.6. The molecule has 0 aromatic heterocycles. The Kier molecular flexibility index (Phi) is 20.1. The van der Waals surface area contributed by atoms with Gasteiger partial charge in [0.1, 0.15) is 13.2 Å². The van der Waals surface area contributed by atoms with Gasteiger partial charge in [0.2, 0.25) is 0 Å². The zero-order valence-electron chi connectivity index (χ0n) is 19.3. The normalized spacial score (nSPS) is 11.4. The molecular formula is C24H38N2O5S2. The maximum Gasteiger partial charge on any atom is 0.408 e. The highest BCUT2D eigenvalue weighted by Gasteiger charge is 2.23. The molecule has 2 atom stereocenters. The van der Waals surface area contributed by atoms with Crippen molar-refractivity contribution in [3.8, 4) is 0 Å². The summed E-state index contributed by atoms with van der Waals surface area (Å²) in [6.45, 7) is 9.66. The quantitative estimate of drug-likeness (QED) is 0.276. The van der Waals surface area contributed by atoms with Crippen molar-refractivity contribution in [1.82, 2.24) is 10.6 Å². The Labute approximate surface area is 211 Å². The molecule has 0 bridgehead atoms. The van der Waals surface area contributed by atoms with Crippen molar-refractivity contribution in [2.24, 2.45) is 5.92 Å². The summed E-state index contributed by atoms with van der Waals surface area (Å²) in [5.41, 5.74) is 1.17. The smallest absolute Gasteiger partial charge is 0.408 e. The summed E-state index contributed by atoms with van der Waals surface area (Å²) in [5.74, 6) is 0.113. The summed E-state index contributed by atoms with van der Waals surface area (Å²) < 4.78 is 9.80. The van der Waals surface area contributed by atoms with Crippen LogP contribution in [0.5, 0.6) is 0 Å². The van der Waals surface area contributed by atoms with Gasteiger partial charge in [-0.1, -0.05) is 62.6 Å². The largest absolute Gasteiger partial charge is 0.445 e. The molecule has 2 amide bonds. The van der Waals surface area contributed by atoms with Gasteiger partial charge in [-0.05, 0) is 37.2 Å². The topological polar surface area (TPSA) is 93.7 Å². The van der Waals surface area contributed by atoms with Gasteiger partial charge in [-0.3, -0.25) is 4.79 Å². The van der Waals surface area contributed by atoms with Gasteiger partial charge in [-0.25, -0.2) is 9.59 Å². The van der Waals surface area contributed by atoms with Crippen molar-refractivity contribution in [3.63, 3.8) is 0 Å². The zero-order chi connectivity index (χ0) is 22.9. The zero-order valence-corrected chi connectivity index (χ0v) is 21.3. The molecule has 0 aliphatic rings. The van der Waals surface area contributed by atoms with Crippen LogP contribution < -0.4 is 10.6 Å². The van der Waals surface area contributed by atoms with Crippen LogP contribution in [-0.2, 0) is 20.7 Å². The number of ketones is 1. The number of carbonyl (C=O) groups excluding carboxylic acids is 3. The van der Waals surface area contributed by atoms with Gasteiger partial charge < -0.3 is 20.1 Å². The van der Waals surface area contributed by atoms with E-state index in [2.05, 4.69) is 23.8 Å². The molecule has 0 heterocycles. The van der Waals surface area contributed by atoms with E-state index in [9.17, 15) is 14.4 Å². The summed E-state index contributed by atoms with van der Waals surface area (Å²) in [6.07, 6.45) is 4.71. The Bertz CT molecular complexity index is 716. The lowest BCUT2D eigenvalue weighted by molar-refractivity contribution is -0.122. The Morgan fingerprint density at radius 1 is 0.970 bits per heavy atom. The molecule has 9 heteroatoms. The molecule has 33 heavy (non-hydrogen) atoms. The minimum Gasteiger partial charge on any atom is -0.445 e. The highest BCUT2D eigenvalue weighted by molar-refractivity contribution is 7.59.